The first-order valence-corrected chi connectivity index (χ1v) is 12.6. The Morgan fingerprint density at radius 3 is 2.65 bits per heavy atom. The number of nitrogens with zero attached hydrogens (tertiary/aromatic N) is 3. The van der Waals surface area contributed by atoms with Crippen molar-refractivity contribution in [3.05, 3.63) is 82.7 Å². The second-order valence-electron chi connectivity index (χ2n) is 8.65. The topological polar surface area (TPSA) is 102 Å². The van der Waals surface area contributed by atoms with Gasteiger partial charge >= 0.3 is 5.91 Å². The fraction of sp³-hybridized carbons (Fsp3) is 0.214. The molecule has 0 aliphatic carbocycles. The molecule has 8 nitrogen and oxygen atoms in total. The fourth-order valence-electron chi connectivity index (χ4n) is 4.65. The molecule has 1 aliphatic heterocycles. The number of hydrogen-bond acceptors (Lipinski definition) is 8. The molecule has 1 saturated heterocycles. The number of aryl methyl sites for hydroxylation is 2. The minimum atomic E-state index is -0.973. The number of amides is 1. The third-order valence-corrected chi connectivity index (χ3v) is 7.17. The van der Waals surface area contributed by atoms with Crippen LogP contribution in [0.25, 0.3) is 16.0 Å². The number of aliphatic hydroxyl groups excluding tert-OH is 1. The monoisotopic (exact) mass is 515 g/mol. The molecular formula is C28H25N3O5S. The first-order valence-electron chi connectivity index (χ1n) is 11.7. The summed E-state index contributed by atoms with van der Waals surface area (Å²) in [6, 6.07) is 13.4. The van der Waals surface area contributed by atoms with Crippen LogP contribution in [0.15, 0.2) is 60.3 Å². The van der Waals surface area contributed by atoms with Gasteiger partial charge in [0.2, 0.25) is 0 Å². The smallest absolute Gasteiger partial charge is 0.301 e. The van der Waals surface area contributed by atoms with Crippen LogP contribution in [0, 0.1) is 13.8 Å². The third kappa shape index (κ3) is 4.21. The molecule has 0 saturated carbocycles. The Bertz CT molecular complexity index is 1560. The summed E-state index contributed by atoms with van der Waals surface area (Å²) in [5.41, 5.74) is 3.04. The van der Waals surface area contributed by atoms with Crippen molar-refractivity contribution < 1.29 is 24.2 Å². The number of hydrogen-bond donors (Lipinski definition) is 1. The summed E-state index contributed by atoms with van der Waals surface area (Å²) >= 11 is 1.27. The van der Waals surface area contributed by atoms with Crippen molar-refractivity contribution in [3.8, 4) is 11.5 Å². The molecule has 0 spiro atoms. The molecule has 1 amide bonds. The van der Waals surface area contributed by atoms with Crippen molar-refractivity contribution in [1.29, 1.82) is 0 Å². The van der Waals surface area contributed by atoms with Crippen LogP contribution in [0.5, 0.6) is 11.5 Å². The van der Waals surface area contributed by atoms with Gasteiger partial charge in [-0.3, -0.25) is 19.5 Å². The van der Waals surface area contributed by atoms with Gasteiger partial charge in [0, 0.05) is 6.20 Å². The first-order chi connectivity index (χ1) is 17.8. The summed E-state index contributed by atoms with van der Waals surface area (Å²) in [7, 11) is 1.50. The van der Waals surface area contributed by atoms with E-state index in [1.54, 1.807) is 30.5 Å². The van der Waals surface area contributed by atoms with Gasteiger partial charge < -0.3 is 14.6 Å². The van der Waals surface area contributed by atoms with Crippen molar-refractivity contribution in [2.45, 2.75) is 26.8 Å². The predicted molar refractivity (Wildman–Crippen MR) is 142 cm³/mol. The lowest BCUT2D eigenvalue weighted by Crippen LogP contribution is -2.29. The van der Waals surface area contributed by atoms with Gasteiger partial charge in [-0.15, -0.1) is 0 Å². The fourth-order valence-corrected chi connectivity index (χ4v) is 5.67. The molecule has 9 heteroatoms. The number of carbonyl (C=O) groups excluding carboxylic acids is 2. The summed E-state index contributed by atoms with van der Waals surface area (Å²) in [4.78, 5) is 37.4. The van der Waals surface area contributed by atoms with Crippen LogP contribution in [-0.4, -0.2) is 40.5 Å². The minimum absolute atomic E-state index is 0.0683. The van der Waals surface area contributed by atoms with E-state index in [9.17, 15) is 14.7 Å². The number of Topliss-reactive ketones (excluding diaryl/α,β-unsaturated/α-hetero) is 1. The highest BCUT2D eigenvalue weighted by Gasteiger charge is 2.49. The molecule has 37 heavy (non-hydrogen) atoms. The molecule has 1 fully saturated rings. The van der Waals surface area contributed by atoms with Gasteiger partial charge in [-0.25, -0.2) is 4.98 Å². The maximum atomic E-state index is 13.5. The van der Waals surface area contributed by atoms with Gasteiger partial charge in [0.25, 0.3) is 5.78 Å². The number of fused-ring (bicyclic) bond motifs is 1. The number of anilines is 1. The van der Waals surface area contributed by atoms with Crippen LogP contribution in [0.3, 0.4) is 0 Å². The molecule has 4 aromatic rings. The molecule has 2 aromatic carbocycles. The van der Waals surface area contributed by atoms with E-state index >= 15 is 0 Å². The Hall–Kier alpha value is -4.24. The summed E-state index contributed by atoms with van der Waals surface area (Å²) in [6.07, 6.45) is 1.58. The SMILES string of the molecule is CCOc1ccc2nc(N3C(=O)C(=O)/C(=C(/O)c4cc(C)cc(C)c4OC)C3c3ccccn3)sc2c1. The van der Waals surface area contributed by atoms with Crippen LogP contribution in [-0.2, 0) is 9.59 Å². The Balaban J connectivity index is 1.73. The Morgan fingerprint density at radius 1 is 1.14 bits per heavy atom. The Kier molecular flexibility index (Phi) is 6.39. The van der Waals surface area contributed by atoms with Gasteiger partial charge in [-0.2, -0.15) is 0 Å². The van der Waals surface area contributed by atoms with Crippen molar-refractivity contribution in [2.75, 3.05) is 18.6 Å². The molecule has 1 aliphatic rings. The summed E-state index contributed by atoms with van der Waals surface area (Å²) in [5.74, 6) is -0.805. The van der Waals surface area contributed by atoms with Crippen LogP contribution in [0.2, 0.25) is 0 Å². The number of ketones is 1. The number of aromatic nitrogens is 2. The average molecular weight is 516 g/mol. The second-order valence-corrected chi connectivity index (χ2v) is 9.65. The lowest BCUT2D eigenvalue weighted by Gasteiger charge is -2.22. The maximum absolute atomic E-state index is 13.5. The molecule has 1 N–H and O–H groups in total. The van der Waals surface area contributed by atoms with E-state index < -0.39 is 17.7 Å². The lowest BCUT2D eigenvalue weighted by atomic mass is 9.96. The zero-order valence-corrected chi connectivity index (χ0v) is 21.6. The van der Waals surface area contributed by atoms with E-state index in [4.69, 9.17) is 9.47 Å². The van der Waals surface area contributed by atoms with Crippen molar-refractivity contribution in [1.82, 2.24) is 9.97 Å². The van der Waals surface area contributed by atoms with Crippen molar-refractivity contribution >= 4 is 44.1 Å². The number of ether oxygens (including phenoxy) is 2. The largest absolute Gasteiger partial charge is 0.507 e. The number of carbonyl (C=O) groups is 2. The van der Waals surface area contributed by atoms with E-state index in [1.165, 1.54) is 23.3 Å². The average Bonchev–Trinajstić information content (AvgIpc) is 3.41. The van der Waals surface area contributed by atoms with Gasteiger partial charge in [0.15, 0.2) is 5.13 Å². The number of rotatable bonds is 6. The number of thiazole rings is 1. The highest BCUT2D eigenvalue weighted by molar-refractivity contribution is 7.22. The molecule has 0 bridgehead atoms. The number of pyridine rings is 1. The van der Waals surface area contributed by atoms with Crippen LogP contribution in [0.1, 0.15) is 35.3 Å². The minimum Gasteiger partial charge on any atom is -0.507 e. The van der Waals surface area contributed by atoms with Gasteiger partial charge in [-0.1, -0.05) is 23.5 Å². The lowest BCUT2D eigenvalue weighted by molar-refractivity contribution is -0.132. The van der Waals surface area contributed by atoms with Gasteiger partial charge in [-0.05, 0) is 68.3 Å². The van der Waals surface area contributed by atoms with E-state index in [-0.39, 0.29) is 11.3 Å². The zero-order valence-electron chi connectivity index (χ0n) is 20.8. The molecule has 5 rings (SSSR count). The molecular weight excluding hydrogens is 490 g/mol. The van der Waals surface area contributed by atoms with Crippen molar-refractivity contribution in [3.63, 3.8) is 0 Å². The number of aliphatic hydroxyl groups is 1. The number of methoxy groups -OCH3 is 1. The molecule has 188 valence electrons. The van der Waals surface area contributed by atoms with E-state index in [0.29, 0.717) is 40.0 Å². The predicted octanol–water partition coefficient (Wildman–Crippen LogP) is 5.34. The quantitative estimate of drug-likeness (QED) is 0.210. The van der Waals surface area contributed by atoms with Crippen LogP contribution >= 0.6 is 11.3 Å². The number of benzene rings is 2. The summed E-state index contributed by atoms with van der Waals surface area (Å²) < 4.78 is 12.0. The molecule has 1 unspecified atom stereocenters. The second kappa shape index (κ2) is 9.67. The summed E-state index contributed by atoms with van der Waals surface area (Å²) in [6.45, 7) is 6.16. The third-order valence-electron chi connectivity index (χ3n) is 6.16. The molecule has 1 atom stereocenters. The Labute approximate surface area is 217 Å². The van der Waals surface area contributed by atoms with Crippen LogP contribution in [0.4, 0.5) is 5.13 Å². The molecule has 3 heterocycles. The van der Waals surface area contributed by atoms with Crippen molar-refractivity contribution in [2.24, 2.45) is 0 Å². The maximum Gasteiger partial charge on any atom is 0.301 e. The van der Waals surface area contributed by atoms with E-state index in [2.05, 4.69) is 9.97 Å². The van der Waals surface area contributed by atoms with E-state index in [0.717, 1.165) is 15.8 Å². The summed E-state index contributed by atoms with van der Waals surface area (Å²) in [5, 5.41) is 11.9. The Morgan fingerprint density at radius 2 is 1.95 bits per heavy atom. The normalized spacial score (nSPS) is 17.0. The standard InChI is InChI=1S/C28H25N3O5S/c1-5-36-17-9-10-19-21(14-17)37-28(30-19)31-23(20-8-6-7-11-29-20)22(25(33)27(31)34)24(32)18-13-15(2)12-16(3)26(18)35-4/h6-14,23,32H,5H2,1-4H3/b24-22+. The van der Waals surface area contributed by atoms with Gasteiger partial charge in [0.05, 0.1) is 40.8 Å². The first kappa shape index (κ1) is 24.5. The highest BCUT2D eigenvalue weighted by atomic mass is 32.1. The van der Waals surface area contributed by atoms with Gasteiger partial charge in [0.1, 0.15) is 23.3 Å². The highest BCUT2D eigenvalue weighted by Crippen LogP contribution is 2.45. The zero-order chi connectivity index (χ0) is 26.3. The molecule has 0 radical (unpaired) electrons. The molecule has 2 aromatic heterocycles. The van der Waals surface area contributed by atoms with Crippen LogP contribution < -0.4 is 14.4 Å². The van der Waals surface area contributed by atoms with E-state index in [1.807, 2.05) is 45.0 Å².